The van der Waals surface area contributed by atoms with Crippen molar-refractivity contribution < 1.29 is 0 Å². The molecule has 3 rings (SSSR count). The Labute approximate surface area is 137 Å². The van der Waals surface area contributed by atoms with Crippen LogP contribution >= 0.6 is 23.2 Å². The second kappa shape index (κ2) is 6.45. The van der Waals surface area contributed by atoms with Gasteiger partial charge in [0.25, 0.3) is 0 Å². The first-order valence-corrected chi connectivity index (χ1v) is 8.77. The predicted octanol–water partition coefficient (Wildman–Crippen LogP) is 4.49. The zero-order valence-corrected chi connectivity index (χ0v) is 14.2. The van der Waals surface area contributed by atoms with Crippen LogP contribution in [0.1, 0.15) is 44.6 Å². The highest BCUT2D eigenvalue weighted by Crippen LogP contribution is 2.33. The Morgan fingerprint density at radius 2 is 2.00 bits per heavy atom. The molecule has 116 valence electrons. The van der Waals surface area contributed by atoms with Crippen molar-refractivity contribution in [1.29, 1.82) is 0 Å². The van der Waals surface area contributed by atoms with Gasteiger partial charge in [-0.1, -0.05) is 42.5 Å². The standard InChI is InChI=1S/C17H24Cl2N2/c1-13-10-20-17(7-3-2-4-8-17)12-21(13)11-14-9-15(18)5-6-16(14)19/h5-6,9,13,20H,2-4,7-8,10-12H2,1H3. The predicted molar refractivity (Wildman–Crippen MR) is 90.2 cm³/mol. The van der Waals surface area contributed by atoms with Gasteiger partial charge in [-0.3, -0.25) is 4.90 Å². The Kier molecular flexibility index (Phi) is 4.80. The van der Waals surface area contributed by atoms with Crippen LogP contribution < -0.4 is 5.32 Å². The first-order valence-electron chi connectivity index (χ1n) is 8.01. The molecule has 1 aliphatic carbocycles. The Hall–Kier alpha value is -0.280. The van der Waals surface area contributed by atoms with Gasteiger partial charge in [-0.15, -0.1) is 0 Å². The van der Waals surface area contributed by atoms with Crippen LogP contribution in [0, 0.1) is 0 Å². The Balaban J connectivity index is 1.75. The van der Waals surface area contributed by atoms with Gasteiger partial charge in [-0.05, 0) is 43.5 Å². The largest absolute Gasteiger partial charge is 0.308 e. The summed E-state index contributed by atoms with van der Waals surface area (Å²) in [5.74, 6) is 0. The van der Waals surface area contributed by atoms with Crippen molar-refractivity contribution in [3.63, 3.8) is 0 Å². The molecule has 21 heavy (non-hydrogen) atoms. The zero-order valence-electron chi connectivity index (χ0n) is 12.7. The van der Waals surface area contributed by atoms with E-state index in [1.165, 1.54) is 32.1 Å². The summed E-state index contributed by atoms with van der Waals surface area (Å²) in [4.78, 5) is 2.57. The minimum Gasteiger partial charge on any atom is -0.308 e. The number of piperazine rings is 1. The van der Waals surface area contributed by atoms with E-state index in [2.05, 4.69) is 17.1 Å². The third-order valence-electron chi connectivity index (χ3n) is 5.09. The highest BCUT2D eigenvalue weighted by molar-refractivity contribution is 6.33. The molecule has 1 unspecified atom stereocenters. The van der Waals surface area contributed by atoms with E-state index in [4.69, 9.17) is 23.2 Å². The van der Waals surface area contributed by atoms with Crippen LogP contribution in [0.4, 0.5) is 0 Å². The van der Waals surface area contributed by atoms with Gasteiger partial charge in [0, 0.05) is 41.3 Å². The smallest absolute Gasteiger partial charge is 0.0452 e. The van der Waals surface area contributed by atoms with Gasteiger partial charge < -0.3 is 5.32 Å². The summed E-state index contributed by atoms with van der Waals surface area (Å²) in [5.41, 5.74) is 1.47. The van der Waals surface area contributed by atoms with E-state index < -0.39 is 0 Å². The molecule has 1 aromatic carbocycles. The summed E-state index contributed by atoms with van der Waals surface area (Å²) in [6, 6.07) is 6.30. The Morgan fingerprint density at radius 3 is 2.76 bits per heavy atom. The van der Waals surface area contributed by atoms with E-state index >= 15 is 0 Å². The Morgan fingerprint density at radius 1 is 1.24 bits per heavy atom. The van der Waals surface area contributed by atoms with E-state index in [1.807, 2.05) is 18.2 Å². The molecular formula is C17H24Cl2N2. The minimum atomic E-state index is 0.329. The lowest BCUT2D eigenvalue weighted by atomic mass is 9.79. The summed E-state index contributed by atoms with van der Waals surface area (Å²) in [5, 5.41) is 5.42. The van der Waals surface area contributed by atoms with Crippen molar-refractivity contribution in [2.24, 2.45) is 0 Å². The van der Waals surface area contributed by atoms with Crippen molar-refractivity contribution >= 4 is 23.2 Å². The van der Waals surface area contributed by atoms with Crippen LogP contribution in [0.2, 0.25) is 10.0 Å². The molecule has 1 aliphatic heterocycles. The molecule has 1 saturated heterocycles. The molecule has 0 aromatic heterocycles. The highest BCUT2D eigenvalue weighted by atomic mass is 35.5. The van der Waals surface area contributed by atoms with Gasteiger partial charge in [-0.2, -0.15) is 0 Å². The molecular weight excluding hydrogens is 303 g/mol. The van der Waals surface area contributed by atoms with Crippen molar-refractivity contribution in [2.75, 3.05) is 13.1 Å². The molecule has 2 fully saturated rings. The first-order chi connectivity index (χ1) is 10.1. The van der Waals surface area contributed by atoms with Gasteiger partial charge in [0.1, 0.15) is 0 Å². The maximum absolute atomic E-state index is 6.34. The number of halogens is 2. The van der Waals surface area contributed by atoms with Crippen LogP contribution in [-0.2, 0) is 6.54 Å². The minimum absolute atomic E-state index is 0.329. The van der Waals surface area contributed by atoms with E-state index in [9.17, 15) is 0 Å². The number of rotatable bonds is 2. The monoisotopic (exact) mass is 326 g/mol. The maximum Gasteiger partial charge on any atom is 0.0452 e. The van der Waals surface area contributed by atoms with Crippen molar-refractivity contribution in [1.82, 2.24) is 10.2 Å². The van der Waals surface area contributed by atoms with Crippen molar-refractivity contribution in [2.45, 2.75) is 57.2 Å². The van der Waals surface area contributed by atoms with Crippen LogP contribution in [0.5, 0.6) is 0 Å². The van der Waals surface area contributed by atoms with E-state index in [0.717, 1.165) is 35.2 Å². The highest BCUT2D eigenvalue weighted by Gasteiger charge is 2.38. The molecule has 1 saturated carbocycles. The van der Waals surface area contributed by atoms with Crippen LogP contribution in [0.25, 0.3) is 0 Å². The second-order valence-corrected chi connectivity index (χ2v) is 7.56. The van der Waals surface area contributed by atoms with Gasteiger partial charge in [0.15, 0.2) is 0 Å². The number of benzene rings is 1. The van der Waals surface area contributed by atoms with E-state index in [-0.39, 0.29) is 0 Å². The SMILES string of the molecule is CC1CNC2(CCCCC2)CN1Cc1cc(Cl)ccc1Cl. The molecule has 2 nitrogen and oxygen atoms in total. The van der Waals surface area contributed by atoms with Gasteiger partial charge in [-0.25, -0.2) is 0 Å². The molecule has 1 spiro atoms. The molecule has 2 aliphatic rings. The maximum atomic E-state index is 6.34. The quantitative estimate of drug-likeness (QED) is 0.861. The van der Waals surface area contributed by atoms with Gasteiger partial charge in [0.05, 0.1) is 0 Å². The molecule has 1 N–H and O–H groups in total. The lowest BCUT2D eigenvalue weighted by molar-refractivity contribution is 0.0573. The number of nitrogens with zero attached hydrogens (tertiary/aromatic N) is 1. The summed E-state index contributed by atoms with van der Waals surface area (Å²) < 4.78 is 0. The average molecular weight is 327 g/mol. The summed E-state index contributed by atoms with van der Waals surface area (Å²) in [6.45, 7) is 5.38. The third kappa shape index (κ3) is 3.56. The van der Waals surface area contributed by atoms with Crippen molar-refractivity contribution in [3.05, 3.63) is 33.8 Å². The molecule has 1 atom stereocenters. The second-order valence-electron chi connectivity index (χ2n) is 6.71. The number of hydrogen-bond donors (Lipinski definition) is 1. The fraction of sp³-hybridized carbons (Fsp3) is 0.647. The van der Waals surface area contributed by atoms with Crippen molar-refractivity contribution in [3.8, 4) is 0 Å². The zero-order chi connectivity index (χ0) is 14.9. The first kappa shape index (κ1) is 15.6. The van der Waals surface area contributed by atoms with Crippen LogP contribution in [0.3, 0.4) is 0 Å². The molecule has 0 amide bonds. The topological polar surface area (TPSA) is 15.3 Å². The molecule has 0 radical (unpaired) electrons. The third-order valence-corrected chi connectivity index (χ3v) is 5.70. The number of hydrogen-bond acceptors (Lipinski definition) is 2. The van der Waals surface area contributed by atoms with Crippen LogP contribution in [0.15, 0.2) is 18.2 Å². The normalized spacial score (nSPS) is 26.1. The molecule has 1 heterocycles. The molecule has 1 aromatic rings. The van der Waals surface area contributed by atoms with Gasteiger partial charge >= 0.3 is 0 Å². The summed E-state index contributed by atoms with van der Waals surface area (Å²) in [7, 11) is 0. The number of nitrogens with one attached hydrogen (secondary N) is 1. The molecule has 4 heteroatoms. The molecule has 0 bridgehead atoms. The lowest BCUT2D eigenvalue weighted by Gasteiger charge is -2.49. The fourth-order valence-electron chi connectivity index (χ4n) is 3.75. The van der Waals surface area contributed by atoms with Crippen LogP contribution in [-0.4, -0.2) is 29.6 Å². The summed E-state index contributed by atoms with van der Waals surface area (Å²) >= 11 is 12.5. The Bertz CT molecular complexity index is 498. The van der Waals surface area contributed by atoms with Gasteiger partial charge in [0.2, 0.25) is 0 Å². The van der Waals surface area contributed by atoms with E-state index in [0.29, 0.717) is 11.6 Å². The summed E-state index contributed by atoms with van der Waals surface area (Å²) in [6.07, 6.45) is 6.71. The lowest BCUT2D eigenvalue weighted by Crippen LogP contribution is -2.63. The van der Waals surface area contributed by atoms with E-state index in [1.54, 1.807) is 0 Å². The average Bonchev–Trinajstić information content (AvgIpc) is 2.48. The fourth-order valence-corrected chi connectivity index (χ4v) is 4.12.